The molecule has 0 aliphatic carbocycles. The molecule has 2 rings (SSSR count). The van der Waals surface area contributed by atoms with Crippen molar-refractivity contribution in [3.63, 3.8) is 0 Å². The van der Waals surface area contributed by atoms with Gasteiger partial charge in [-0.1, -0.05) is 24.3 Å². The van der Waals surface area contributed by atoms with E-state index in [4.69, 9.17) is 5.73 Å². The third kappa shape index (κ3) is 3.54. The van der Waals surface area contributed by atoms with E-state index >= 15 is 0 Å². The van der Waals surface area contributed by atoms with E-state index in [2.05, 4.69) is 0 Å². The van der Waals surface area contributed by atoms with Crippen molar-refractivity contribution in [1.82, 2.24) is 4.31 Å². The minimum absolute atomic E-state index is 0.0447. The van der Waals surface area contributed by atoms with Gasteiger partial charge in [-0.2, -0.15) is 4.31 Å². The van der Waals surface area contributed by atoms with Crippen molar-refractivity contribution in [3.05, 3.63) is 35.4 Å². The number of hydrogen-bond donors (Lipinski definition) is 2. The molecular weight excluding hydrogens is 264 g/mol. The second-order valence-electron chi connectivity index (χ2n) is 5.36. The van der Waals surface area contributed by atoms with E-state index in [0.717, 1.165) is 11.1 Å². The number of hydrogen-bond acceptors (Lipinski definition) is 4. The van der Waals surface area contributed by atoms with Gasteiger partial charge in [-0.25, -0.2) is 8.42 Å². The predicted octanol–water partition coefficient (Wildman–Crippen LogP) is 0.432. The molecule has 3 N–H and O–H groups in total. The highest BCUT2D eigenvalue weighted by Crippen LogP contribution is 2.24. The normalized spacial score (nSPS) is 24.8. The van der Waals surface area contributed by atoms with Crippen molar-refractivity contribution < 1.29 is 13.5 Å². The van der Waals surface area contributed by atoms with E-state index in [1.165, 1.54) is 4.31 Å². The Hall–Kier alpha value is -0.950. The molecule has 1 aliphatic heterocycles. The third-order valence-corrected chi connectivity index (χ3v) is 5.18. The summed E-state index contributed by atoms with van der Waals surface area (Å²) in [5.74, 6) is -0.0447. The molecule has 1 aromatic rings. The molecule has 106 valence electrons. The molecule has 1 aromatic carbocycles. The van der Waals surface area contributed by atoms with Crippen LogP contribution in [0, 0.1) is 0 Å². The average molecular weight is 284 g/mol. The molecule has 1 aliphatic rings. The minimum Gasteiger partial charge on any atom is -0.389 e. The lowest BCUT2D eigenvalue weighted by Gasteiger charge is -2.19. The number of nitrogens with zero attached hydrogens (tertiary/aromatic N) is 1. The van der Waals surface area contributed by atoms with Crippen LogP contribution in [0.1, 0.15) is 24.5 Å². The first-order chi connectivity index (χ1) is 8.82. The van der Waals surface area contributed by atoms with Crippen LogP contribution in [-0.4, -0.2) is 36.5 Å². The zero-order valence-corrected chi connectivity index (χ0v) is 11.9. The van der Waals surface area contributed by atoms with Crippen molar-refractivity contribution in [2.45, 2.75) is 31.2 Å². The maximum absolute atomic E-state index is 12.3. The number of nitrogens with two attached hydrogens (primary N) is 1. The fourth-order valence-electron chi connectivity index (χ4n) is 2.29. The summed E-state index contributed by atoms with van der Waals surface area (Å²) in [6.45, 7) is 2.61. The van der Waals surface area contributed by atoms with E-state index in [9.17, 15) is 13.5 Å². The van der Waals surface area contributed by atoms with Gasteiger partial charge >= 0.3 is 0 Å². The number of sulfonamides is 1. The van der Waals surface area contributed by atoms with Gasteiger partial charge in [0.25, 0.3) is 0 Å². The van der Waals surface area contributed by atoms with Crippen LogP contribution in [0.2, 0.25) is 0 Å². The van der Waals surface area contributed by atoms with Crippen molar-refractivity contribution in [3.8, 4) is 0 Å². The van der Waals surface area contributed by atoms with E-state index in [0.29, 0.717) is 19.5 Å². The Bertz CT molecular complexity index is 555. The average Bonchev–Trinajstić information content (AvgIpc) is 2.70. The molecule has 1 unspecified atom stereocenters. The highest BCUT2D eigenvalue weighted by molar-refractivity contribution is 7.88. The van der Waals surface area contributed by atoms with Gasteiger partial charge in [0.2, 0.25) is 10.0 Å². The first kappa shape index (κ1) is 14.5. The smallest absolute Gasteiger partial charge is 0.218 e. The Balaban J connectivity index is 2.13. The molecule has 1 saturated heterocycles. The monoisotopic (exact) mass is 284 g/mol. The Labute approximate surface area is 114 Å². The summed E-state index contributed by atoms with van der Waals surface area (Å²) >= 11 is 0. The molecule has 1 fully saturated rings. The molecule has 0 radical (unpaired) electrons. The van der Waals surface area contributed by atoms with Crippen molar-refractivity contribution in [2.24, 2.45) is 5.73 Å². The maximum Gasteiger partial charge on any atom is 0.218 e. The fourth-order valence-corrected chi connectivity index (χ4v) is 3.92. The van der Waals surface area contributed by atoms with E-state index < -0.39 is 15.6 Å². The van der Waals surface area contributed by atoms with Gasteiger partial charge < -0.3 is 10.8 Å². The van der Waals surface area contributed by atoms with Crippen LogP contribution in [0.25, 0.3) is 0 Å². The summed E-state index contributed by atoms with van der Waals surface area (Å²) in [6, 6.07) is 7.28. The van der Waals surface area contributed by atoms with E-state index in [1.807, 2.05) is 18.2 Å². The summed E-state index contributed by atoms with van der Waals surface area (Å²) in [7, 11) is -3.38. The van der Waals surface area contributed by atoms with Gasteiger partial charge in [-0.15, -0.1) is 0 Å². The lowest BCUT2D eigenvalue weighted by molar-refractivity contribution is 0.0762. The summed E-state index contributed by atoms with van der Waals surface area (Å²) in [5, 5.41) is 9.85. The number of rotatable bonds is 4. The van der Waals surface area contributed by atoms with Crippen LogP contribution in [-0.2, 0) is 22.3 Å². The molecule has 0 spiro atoms. The Morgan fingerprint density at radius 2 is 2.11 bits per heavy atom. The van der Waals surface area contributed by atoms with Crippen LogP contribution < -0.4 is 5.73 Å². The molecule has 0 bridgehead atoms. The molecule has 6 heteroatoms. The van der Waals surface area contributed by atoms with E-state index in [1.54, 1.807) is 13.0 Å². The summed E-state index contributed by atoms with van der Waals surface area (Å²) in [5.41, 5.74) is 6.29. The largest absolute Gasteiger partial charge is 0.389 e. The highest BCUT2D eigenvalue weighted by Gasteiger charge is 2.37. The lowest BCUT2D eigenvalue weighted by atomic mass is 10.1. The lowest BCUT2D eigenvalue weighted by Crippen LogP contribution is -2.34. The van der Waals surface area contributed by atoms with Gasteiger partial charge in [0.1, 0.15) is 0 Å². The Morgan fingerprint density at radius 1 is 1.42 bits per heavy atom. The molecule has 0 aromatic heterocycles. The standard InChI is InChI=1S/C13H20N2O3S/c1-13(16)5-6-15(10-13)19(17,18)9-12-4-2-3-11(7-12)8-14/h2-4,7,16H,5-6,8-10,14H2,1H3. The summed E-state index contributed by atoms with van der Waals surface area (Å²) < 4.78 is 25.9. The summed E-state index contributed by atoms with van der Waals surface area (Å²) in [6.07, 6.45) is 0.481. The zero-order valence-electron chi connectivity index (χ0n) is 11.0. The van der Waals surface area contributed by atoms with Crippen LogP contribution in [0.5, 0.6) is 0 Å². The SMILES string of the molecule is CC1(O)CCN(S(=O)(=O)Cc2cccc(CN)c2)C1. The zero-order chi connectivity index (χ0) is 14.1. The molecular formula is C13H20N2O3S. The Morgan fingerprint density at radius 3 is 2.68 bits per heavy atom. The summed E-state index contributed by atoms with van der Waals surface area (Å²) in [4.78, 5) is 0. The molecule has 0 amide bonds. The maximum atomic E-state index is 12.3. The fraction of sp³-hybridized carbons (Fsp3) is 0.538. The minimum atomic E-state index is -3.38. The second kappa shape index (κ2) is 5.20. The molecule has 5 nitrogen and oxygen atoms in total. The number of benzene rings is 1. The first-order valence-electron chi connectivity index (χ1n) is 6.30. The van der Waals surface area contributed by atoms with Gasteiger partial charge in [-0.3, -0.25) is 0 Å². The van der Waals surface area contributed by atoms with Crippen LogP contribution >= 0.6 is 0 Å². The van der Waals surface area contributed by atoms with Crippen molar-refractivity contribution >= 4 is 10.0 Å². The first-order valence-corrected chi connectivity index (χ1v) is 7.91. The molecule has 19 heavy (non-hydrogen) atoms. The second-order valence-corrected chi connectivity index (χ2v) is 7.33. The van der Waals surface area contributed by atoms with Crippen molar-refractivity contribution in [2.75, 3.05) is 13.1 Å². The molecule has 1 heterocycles. The van der Waals surface area contributed by atoms with Crippen molar-refractivity contribution in [1.29, 1.82) is 0 Å². The number of aliphatic hydroxyl groups is 1. The van der Waals surface area contributed by atoms with Crippen LogP contribution in [0.4, 0.5) is 0 Å². The molecule has 1 atom stereocenters. The van der Waals surface area contributed by atoms with Crippen LogP contribution in [0.15, 0.2) is 24.3 Å². The van der Waals surface area contributed by atoms with Gasteiger partial charge in [0.15, 0.2) is 0 Å². The number of β-amino-alcohol motifs (C(OH)–C–C–N with tert-alkyl or cyclic N) is 1. The quantitative estimate of drug-likeness (QED) is 0.840. The van der Waals surface area contributed by atoms with Gasteiger partial charge in [-0.05, 0) is 24.5 Å². The van der Waals surface area contributed by atoms with Crippen LogP contribution in [0.3, 0.4) is 0 Å². The molecule has 0 saturated carbocycles. The van der Waals surface area contributed by atoms with Gasteiger partial charge in [0, 0.05) is 19.6 Å². The van der Waals surface area contributed by atoms with Gasteiger partial charge in [0.05, 0.1) is 11.4 Å². The third-order valence-electron chi connectivity index (χ3n) is 3.39. The highest BCUT2D eigenvalue weighted by atomic mass is 32.2. The predicted molar refractivity (Wildman–Crippen MR) is 73.8 cm³/mol. The topological polar surface area (TPSA) is 83.6 Å². The van der Waals surface area contributed by atoms with E-state index in [-0.39, 0.29) is 12.3 Å². The Kier molecular flexibility index (Phi) is 3.96.